The smallest absolute Gasteiger partial charge is 0.308 e. The van der Waals surface area contributed by atoms with Crippen LogP contribution in [-0.2, 0) is 4.79 Å². The van der Waals surface area contributed by atoms with E-state index >= 15 is 0 Å². The molecule has 1 aromatic heterocycles. The normalized spacial score (nSPS) is 10.4. The van der Waals surface area contributed by atoms with Crippen LogP contribution in [0.3, 0.4) is 0 Å². The molecular formula is C19H15BrN2O3S. The molecule has 0 spiro atoms. The lowest BCUT2D eigenvalue weighted by Crippen LogP contribution is -2.11. The second-order valence-electron chi connectivity index (χ2n) is 5.50. The zero-order valence-corrected chi connectivity index (χ0v) is 16.5. The highest BCUT2D eigenvalue weighted by atomic mass is 79.9. The summed E-state index contributed by atoms with van der Waals surface area (Å²) in [6, 6.07) is 14.2. The zero-order chi connectivity index (χ0) is 18.7. The van der Waals surface area contributed by atoms with E-state index in [1.165, 1.54) is 18.3 Å². The Kier molecular flexibility index (Phi) is 5.49. The topological polar surface area (TPSA) is 68.3 Å². The average molecular weight is 431 g/mol. The second kappa shape index (κ2) is 7.80. The van der Waals surface area contributed by atoms with Crippen LogP contribution in [0.5, 0.6) is 5.75 Å². The van der Waals surface area contributed by atoms with Gasteiger partial charge in [-0.15, -0.1) is 11.3 Å². The fourth-order valence-corrected chi connectivity index (χ4v) is 3.43. The van der Waals surface area contributed by atoms with Gasteiger partial charge >= 0.3 is 5.97 Å². The number of thiazole rings is 1. The van der Waals surface area contributed by atoms with Gasteiger partial charge < -0.3 is 4.74 Å². The molecule has 132 valence electrons. The van der Waals surface area contributed by atoms with Crippen molar-refractivity contribution < 1.29 is 14.3 Å². The van der Waals surface area contributed by atoms with Crippen molar-refractivity contribution in [3.05, 3.63) is 63.4 Å². The van der Waals surface area contributed by atoms with Gasteiger partial charge in [-0.1, -0.05) is 28.1 Å². The van der Waals surface area contributed by atoms with Crippen molar-refractivity contribution in [3.8, 4) is 17.0 Å². The molecule has 0 saturated carbocycles. The van der Waals surface area contributed by atoms with Gasteiger partial charge in [-0.2, -0.15) is 0 Å². The molecule has 3 aromatic rings. The first-order valence-electron chi connectivity index (χ1n) is 7.75. The number of hydrogen-bond acceptors (Lipinski definition) is 5. The Balaban J connectivity index is 1.74. The Morgan fingerprint density at radius 1 is 1.08 bits per heavy atom. The zero-order valence-electron chi connectivity index (χ0n) is 14.1. The Labute approximate surface area is 163 Å². The summed E-state index contributed by atoms with van der Waals surface area (Å²) in [6.07, 6.45) is 0. The van der Waals surface area contributed by atoms with Gasteiger partial charge in [0.2, 0.25) is 0 Å². The van der Waals surface area contributed by atoms with Crippen LogP contribution in [0.15, 0.2) is 53.0 Å². The van der Waals surface area contributed by atoms with Crippen molar-refractivity contribution in [2.75, 3.05) is 5.32 Å². The molecule has 1 N–H and O–H groups in total. The van der Waals surface area contributed by atoms with E-state index in [0.717, 1.165) is 20.6 Å². The molecule has 7 heteroatoms. The number of nitrogens with zero attached hydrogens (tertiary/aromatic N) is 1. The molecule has 0 radical (unpaired) electrons. The minimum atomic E-state index is -0.402. The molecule has 0 aliphatic rings. The standard InChI is InChI=1S/C19H15BrN2O3S/c1-11-17(13-3-7-15(20)8-4-13)21-19(26-11)22-18(24)14-5-9-16(10-6-14)25-12(2)23/h3-10H,1-2H3,(H,21,22,24). The number of benzene rings is 2. The highest BCUT2D eigenvalue weighted by Gasteiger charge is 2.13. The fraction of sp³-hybridized carbons (Fsp3) is 0.105. The van der Waals surface area contributed by atoms with Crippen LogP contribution in [0, 0.1) is 6.92 Å². The maximum atomic E-state index is 12.4. The maximum absolute atomic E-state index is 12.4. The molecule has 0 unspecified atom stereocenters. The predicted molar refractivity (Wildman–Crippen MR) is 106 cm³/mol. The van der Waals surface area contributed by atoms with Gasteiger partial charge in [-0.05, 0) is 43.3 Å². The first-order valence-corrected chi connectivity index (χ1v) is 9.36. The maximum Gasteiger partial charge on any atom is 0.308 e. The average Bonchev–Trinajstić information content (AvgIpc) is 2.96. The third kappa shape index (κ3) is 4.36. The number of rotatable bonds is 4. The van der Waals surface area contributed by atoms with E-state index < -0.39 is 5.97 Å². The number of ether oxygens (including phenoxy) is 1. The Morgan fingerprint density at radius 2 is 1.73 bits per heavy atom. The highest BCUT2D eigenvalue weighted by molar-refractivity contribution is 9.10. The Morgan fingerprint density at radius 3 is 2.35 bits per heavy atom. The third-order valence-corrected chi connectivity index (χ3v) is 4.93. The SMILES string of the molecule is CC(=O)Oc1ccc(C(=O)Nc2nc(-c3ccc(Br)cc3)c(C)s2)cc1. The second-order valence-corrected chi connectivity index (χ2v) is 7.62. The Hall–Kier alpha value is -2.51. The van der Waals surface area contributed by atoms with Gasteiger partial charge in [0.05, 0.1) is 5.69 Å². The first kappa shape index (κ1) is 18.3. The lowest BCUT2D eigenvalue weighted by atomic mass is 10.1. The van der Waals surface area contributed by atoms with Crippen LogP contribution in [-0.4, -0.2) is 16.9 Å². The van der Waals surface area contributed by atoms with Crippen molar-refractivity contribution in [3.63, 3.8) is 0 Å². The number of carbonyl (C=O) groups is 2. The molecule has 1 amide bonds. The summed E-state index contributed by atoms with van der Waals surface area (Å²) < 4.78 is 5.96. The fourth-order valence-electron chi connectivity index (χ4n) is 2.34. The van der Waals surface area contributed by atoms with Crippen LogP contribution >= 0.6 is 27.3 Å². The number of carbonyl (C=O) groups excluding carboxylic acids is 2. The number of anilines is 1. The van der Waals surface area contributed by atoms with Gasteiger partial charge in [-0.3, -0.25) is 14.9 Å². The number of esters is 1. The van der Waals surface area contributed by atoms with Crippen LogP contribution in [0.25, 0.3) is 11.3 Å². The number of hydrogen-bond donors (Lipinski definition) is 1. The minimum absolute atomic E-state index is 0.268. The van der Waals surface area contributed by atoms with E-state index in [1.807, 2.05) is 31.2 Å². The van der Waals surface area contributed by atoms with Gasteiger partial charge in [0.15, 0.2) is 5.13 Å². The quantitative estimate of drug-likeness (QED) is 0.463. The summed E-state index contributed by atoms with van der Waals surface area (Å²) in [5, 5.41) is 3.35. The number of nitrogens with one attached hydrogen (secondary N) is 1. The van der Waals surface area contributed by atoms with E-state index in [1.54, 1.807) is 24.3 Å². The van der Waals surface area contributed by atoms with Gasteiger partial charge in [-0.25, -0.2) is 4.98 Å². The van der Waals surface area contributed by atoms with Crippen molar-refractivity contribution >= 4 is 44.3 Å². The van der Waals surface area contributed by atoms with E-state index in [0.29, 0.717) is 16.4 Å². The van der Waals surface area contributed by atoms with E-state index in [4.69, 9.17) is 4.74 Å². The summed E-state index contributed by atoms with van der Waals surface area (Å²) in [5.41, 5.74) is 2.30. The molecular weight excluding hydrogens is 416 g/mol. The van der Waals surface area contributed by atoms with Crippen LogP contribution < -0.4 is 10.1 Å². The molecule has 0 atom stereocenters. The highest BCUT2D eigenvalue weighted by Crippen LogP contribution is 2.31. The molecule has 5 nitrogen and oxygen atoms in total. The van der Waals surface area contributed by atoms with Crippen LogP contribution in [0.4, 0.5) is 5.13 Å². The molecule has 2 aromatic carbocycles. The lowest BCUT2D eigenvalue weighted by Gasteiger charge is -2.04. The number of aryl methyl sites for hydroxylation is 1. The molecule has 0 fully saturated rings. The number of aromatic nitrogens is 1. The van der Waals surface area contributed by atoms with Crippen molar-refractivity contribution in [2.24, 2.45) is 0 Å². The summed E-state index contributed by atoms with van der Waals surface area (Å²) in [7, 11) is 0. The van der Waals surface area contributed by atoms with Crippen LogP contribution in [0.2, 0.25) is 0 Å². The van der Waals surface area contributed by atoms with E-state index in [9.17, 15) is 9.59 Å². The van der Waals surface area contributed by atoms with Gasteiger partial charge in [0, 0.05) is 27.4 Å². The molecule has 0 aliphatic heterocycles. The summed E-state index contributed by atoms with van der Waals surface area (Å²) in [6.45, 7) is 3.30. The van der Waals surface area contributed by atoms with Gasteiger partial charge in [0.1, 0.15) is 5.75 Å². The molecule has 1 heterocycles. The van der Waals surface area contributed by atoms with Crippen molar-refractivity contribution in [1.29, 1.82) is 0 Å². The summed E-state index contributed by atoms with van der Waals surface area (Å²) in [4.78, 5) is 28.9. The monoisotopic (exact) mass is 430 g/mol. The third-order valence-electron chi connectivity index (χ3n) is 3.51. The number of amides is 1. The minimum Gasteiger partial charge on any atom is -0.427 e. The molecule has 0 bridgehead atoms. The Bertz CT molecular complexity index is 950. The van der Waals surface area contributed by atoms with Crippen LogP contribution in [0.1, 0.15) is 22.2 Å². The molecule has 0 aliphatic carbocycles. The first-order chi connectivity index (χ1) is 12.4. The summed E-state index contributed by atoms with van der Waals surface area (Å²) in [5.74, 6) is -0.270. The van der Waals surface area contributed by atoms with Crippen molar-refractivity contribution in [1.82, 2.24) is 4.98 Å². The largest absolute Gasteiger partial charge is 0.427 e. The van der Waals surface area contributed by atoms with E-state index in [-0.39, 0.29) is 5.91 Å². The lowest BCUT2D eigenvalue weighted by molar-refractivity contribution is -0.131. The number of halogens is 1. The molecule has 26 heavy (non-hydrogen) atoms. The van der Waals surface area contributed by atoms with Gasteiger partial charge in [0.25, 0.3) is 5.91 Å². The van der Waals surface area contributed by atoms with E-state index in [2.05, 4.69) is 26.2 Å². The summed E-state index contributed by atoms with van der Waals surface area (Å²) >= 11 is 4.84. The van der Waals surface area contributed by atoms with Crippen molar-refractivity contribution in [2.45, 2.75) is 13.8 Å². The molecule has 3 rings (SSSR count). The molecule has 0 saturated heterocycles. The predicted octanol–water partition coefficient (Wildman–Crippen LogP) is 5.06.